The van der Waals surface area contributed by atoms with E-state index in [4.69, 9.17) is 21.1 Å². The van der Waals surface area contributed by atoms with Crippen LogP contribution in [0.3, 0.4) is 0 Å². The molecule has 0 amide bonds. The van der Waals surface area contributed by atoms with Gasteiger partial charge < -0.3 is 9.47 Å². The van der Waals surface area contributed by atoms with E-state index in [1.54, 1.807) is 19.2 Å². The van der Waals surface area contributed by atoms with Gasteiger partial charge in [-0.3, -0.25) is 0 Å². The standard InChI is InChI=1S/C14H13ClFNO2/c1-18-14-4-2-3-12(17-14)9-19-13-6-10(8-15)5-11(16)7-13/h2-7H,8-9H2,1H3. The summed E-state index contributed by atoms with van der Waals surface area (Å²) in [6, 6.07) is 9.78. The number of ether oxygens (including phenoxy) is 2. The van der Waals surface area contributed by atoms with Crippen molar-refractivity contribution in [1.29, 1.82) is 0 Å². The van der Waals surface area contributed by atoms with Crippen LogP contribution in [0.5, 0.6) is 11.6 Å². The molecule has 0 saturated carbocycles. The molecule has 3 nitrogen and oxygen atoms in total. The summed E-state index contributed by atoms with van der Waals surface area (Å²) in [6.45, 7) is 0.238. The second-order valence-electron chi connectivity index (χ2n) is 3.89. The summed E-state index contributed by atoms with van der Waals surface area (Å²) in [7, 11) is 1.55. The third-order valence-electron chi connectivity index (χ3n) is 2.46. The highest BCUT2D eigenvalue weighted by Crippen LogP contribution is 2.19. The van der Waals surface area contributed by atoms with Gasteiger partial charge in [-0.1, -0.05) is 6.07 Å². The summed E-state index contributed by atoms with van der Waals surface area (Å²) in [6.07, 6.45) is 0. The van der Waals surface area contributed by atoms with Crippen LogP contribution in [0.1, 0.15) is 11.3 Å². The van der Waals surface area contributed by atoms with Gasteiger partial charge in [0.25, 0.3) is 0 Å². The van der Waals surface area contributed by atoms with E-state index in [2.05, 4.69) is 4.98 Å². The molecule has 2 rings (SSSR count). The summed E-state index contributed by atoms with van der Waals surface area (Å²) < 4.78 is 23.8. The molecule has 0 bridgehead atoms. The summed E-state index contributed by atoms with van der Waals surface area (Å²) >= 11 is 5.68. The maximum atomic E-state index is 13.3. The molecular weight excluding hydrogens is 269 g/mol. The lowest BCUT2D eigenvalue weighted by Crippen LogP contribution is -2.00. The lowest BCUT2D eigenvalue weighted by atomic mass is 10.2. The zero-order chi connectivity index (χ0) is 13.7. The van der Waals surface area contributed by atoms with Gasteiger partial charge in [-0.2, -0.15) is 0 Å². The van der Waals surface area contributed by atoms with Crippen LogP contribution in [0.25, 0.3) is 0 Å². The summed E-state index contributed by atoms with van der Waals surface area (Å²) in [5.41, 5.74) is 1.38. The highest BCUT2D eigenvalue weighted by Gasteiger charge is 2.03. The third-order valence-corrected chi connectivity index (χ3v) is 2.77. The molecule has 19 heavy (non-hydrogen) atoms. The van der Waals surface area contributed by atoms with Gasteiger partial charge in [0.2, 0.25) is 5.88 Å². The first-order valence-corrected chi connectivity index (χ1v) is 6.23. The van der Waals surface area contributed by atoms with Crippen LogP contribution in [-0.4, -0.2) is 12.1 Å². The molecule has 0 fully saturated rings. The van der Waals surface area contributed by atoms with Gasteiger partial charge in [0.1, 0.15) is 18.2 Å². The average molecular weight is 282 g/mol. The SMILES string of the molecule is COc1cccc(COc2cc(F)cc(CCl)c2)n1. The summed E-state index contributed by atoms with van der Waals surface area (Å²) in [5.74, 6) is 0.819. The molecule has 0 saturated heterocycles. The average Bonchev–Trinajstić information content (AvgIpc) is 2.44. The number of aromatic nitrogens is 1. The van der Waals surface area contributed by atoms with Crippen molar-refractivity contribution in [1.82, 2.24) is 4.98 Å². The third kappa shape index (κ3) is 3.83. The van der Waals surface area contributed by atoms with Crippen LogP contribution >= 0.6 is 11.6 Å². The summed E-state index contributed by atoms with van der Waals surface area (Å²) in [5, 5.41) is 0. The molecule has 0 radical (unpaired) electrons. The largest absolute Gasteiger partial charge is 0.487 e. The fraction of sp³-hybridized carbons (Fsp3) is 0.214. The fourth-order valence-corrected chi connectivity index (χ4v) is 1.74. The van der Waals surface area contributed by atoms with E-state index in [1.807, 2.05) is 12.1 Å². The van der Waals surface area contributed by atoms with Gasteiger partial charge in [0.15, 0.2) is 0 Å². The number of methoxy groups -OCH3 is 1. The predicted molar refractivity (Wildman–Crippen MR) is 71.1 cm³/mol. The summed E-state index contributed by atoms with van der Waals surface area (Å²) in [4.78, 5) is 4.20. The number of nitrogens with zero attached hydrogens (tertiary/aromatic N) is 1. The maximum Gasteiger partial charge on any atom is 0.213 e. The quantitative estimate of drug-likeness (QED) is 0.786. The second-order valence-corrected chi connectivity index (χ2v) is 4.16. The van der Waals surface area contributed by atoms with E-state index < -0.39 is 0 Å². The highest BCUT2D eigenvalue weighted by molar-refractivity contribution is 6.17. The Morgan fingerprint density at radius 1 is 1.26 bits per heavy atom. The normalized spacial score (nSPS) is 10.3. The van der Waals surface area contributed by atoms with Crippen molar-refractivity contribution in [3.63, 3.8) is 0 Å². The number of pyridine rings is 1. The number of halogens is 2. The van der Waals surface area contributed by atoms with Crippen LogP contribution in [-0.2, 0) is 12.5 Å². The van der Waals surface area contributed by atoms with Crippen LogP contribution in [0.15, 0.2) is 36.4 Å². The van der Waals surface area contributed by atoms with Crippen molar-refractivity contribution < 1.29 is 13.9 Å². The van der Waals surface area contributed by atoms with E-state index in [-0.39, 0.29) is 18.3 Å². The maximum absolute atomic E-state index is 13.3. The Balaban J connectivity index is 2.07. The van der Waals surface area contributed by atoms with E-state index in [0.717, 1.165) is 0 Å². The minimum absolute atomic E-state index is 0.238. The van der Waals surface area contributed by atoms with Crippen LogP contribution in [0.4, 0.5) is 4.39 Å². The Hall–Kier alpha value is -1.81. The Morgan fingerprint density at radius 2 is 2.11 bits per heavy atom. The molecular formula is C14H13ClFNO2. The van der Waals surface area contributed by atoms with Crippen molar-refractivity contribution in [3.05, 3.63) is 53.5 Å². The van der Waals surface area contributed by atoms with Crippen molar-refractivity contribution in [2.24, 2.45) is 0 Å². The van der Waals surface area contributed by atoms with Gasteiger partial charge >= 0.3 is 0 Å². The number of hydrogen-bond acceptors (Lipinski definition) is 3. The van der Waals surface area contributed by atoms with Gasteiger partial charge in [-0.25, -0.2) is 9.37 Å². The smallest absolute Gasteiger partial charge is 0.213 e. The molecule has 1 aromatic heterocycles. The second kappa shape index (κ2) is 6.38. The molecule has 0 spiro atoms. The van der Waals surface area contributed by atoms with Gasteiger partial charge in [-0.05, 0) is 23.8 Å². The van der Waals surface area contributed by atoms with E-state index in [0.29, 0.717) is 22.9 Å². The van der Waals surface area contributed by atoms with Gasteiger partial charge in [0.05, 0.1) is 12.8 Å². The molecule has 0 unspecified atom stereocenters. The van der Waals surface area contributed by atoms with E-state index in [9.17, 15) is 4.39 Å². The topological polar surface area (TPSA) is 31.4 Å². The molecule has 5 heteroatoms. The predicted octanol–water partition coefficient (Wildman–Crippen LogP) is 3.55. The molecule has 100 valence electrons. The van der Waals surface area contributed by atoms with E-state index >= 15 is 0 Å². The molecule has 0 aliphatic rings. The Kier molecular flexibility index (Phi) is 4.58. The van der Waals surface area contributed by atoms with Crippen molar-refractivity contribution in [2.45, 2.75) is 12.5 Å². The molecule has 0 atom stereocenters. The van der Waals surface area contributed by atoms with Crippen molar-refractivity contribution in [2.75, 3.05) is 7.11 Å². The minimum atomic E-state index is -0.369. The molecule has 1 heterocycles. The first-order valence-electron chi connectivity index (χ1n) is 5.69. The molecule has 0 N–H and O–H groups in total. The van der Waals surface area contributed by atoms with Gasteiger partial charge in [-0.15, -0.1) is 11.6 Å². The minimum Gasteiger partial charge on any atom is -0.487 e. The van der Waals surface area contributed by atoms with Crippen molar-refractivity contribution in [3.8, 4) is 11.6 Å². The van der Waals surface area contributed by atoms with E-state index in [1.165, 1.54) is 12.1 Å². The number of alkyl halides is 1. The number of benzene rings is 1. The monoisotopic (exact) mass is 281 g/mol. The Labute approximate surface area is 115 Å². The van der Waals surface area contributed by atoms with Gasteiger partial charge in [0, 0.05) is 18.0 Å². The lowest BCUT2D eigenvalue weighted by Gasteiger charge is -2.08. The Morgan fingerprint density at radius 3 is 2.84 bits per heavy atom. The zero-order valence-electron chi connectivity index (χ0n) is 10.4. The van der Waals surface area contributed by atoms with Crippen LogP contribution in [0.2, 0.25) is 0 Å². The fourth-order valence-electron chi connectivity index (χ4n) is 1.59. The Bertz CT molecular complexity index is 563. The highest BCUT2D eigenvalue weighted by atomic mass is 35.5. The molecule has 2 aromatic rings. The molecule has 1 aromatic carbocycles. The zero-order valence-corrected chi connectivity index (χ0v) is 11.2. The van der Waals surface area contributed by atoms with Crippen LogP contribution < -0.4 is 9.47 Å². The number of rotatable bonds is 5. The first kappa shape index (κ1) is 13.6. The molecule has 0 aliphatic heterocycles. The van der Waals surface area contributed by atoms with Crippen molar-refractivity contribution >= 4 is 11.6 Å². The lowest BCUT2D eigenvalue weighted by molar-refractivity contribution is 0.296. The molecule has 0 aliphatic carbocycles. The first-order chi connectivity index (χ1) is 9.21. The van der Waals surface area contributed by atoms with Crippen LogP contribution in [0, 0.1) is 5.82 Å². The number of hydrogen-bond donors (Lipinski definition) is 0.